The summed E-state index contributed by atoms with van der Waals surface area (Å²) in [5.74, 6) is 1.75. The lowest BCUT2D eigenvalue weighted by atomic mass is 10.2. The zero-order chi connectivity index (χ0) is 13.1. The average Bonchev–Trinajstić information content (AvgIpc) is 3.11. The molecule has 0 aliphatic rings. The van der Waals surface area contributed by atoms with E-state index in [0.717, 1.165) is 20.7 Å². The molecule has 0 aliphatic carbocycles. The Morgan fingerprint density at radius 1 is 1.11 bits per heavy atom. The predicted octanol–water partition coefficient (Wildman–Crippen LogP) is 4.47. The first kappa shape index (κ1) is 12.5. The fourth-order valence-electron chi connectivity index (χ4n) is 1.90. The Morgan fingerprint density at radius 3 is 2.58 bits per heavy atom. The van der Waals surface area contributed by atoms with Crippen molar-refractivity contribution in [2.24, 2.45) is 0 Å². The van der Waals surface area contributed by atoms with Gasteiger partial charge in [0.15, 0.2) is 0 Å². The molecule has 0 saturated carbocycles. The number of hydrogen-bond acceptors (Lipinski definition) is 4. The molecule has 3 rings (SSSR count). The van der Waals surface area contributed by atoms with Crippen LogP contribution in [-0.4, -0.2) is 0 Å². The van der Waals surface area contributed by atoms with Gasteiger partial charge >= 0.3 is 0 Å². The van der Waals surface area contributed by atoms with Gasteiger partial charge in [0.1, 0.15) is 17.6 Å². The molecule has 3 aromatic heterocycles. The van der Waals surface area contributed by atoms with E-state index in [9.17, 15) is 0 Å². The third kappa shape index (κ3) is 2.92. The Kier molecular flexibility index (Phi) is 3.73. The summed E-state index contributed by atoms with van der Waals surface area (Å²) in [5, 5.41) is 3.42. The van der Waals surface area contributed by atoms with Crippen molar-refractivity contribution in [3.8, 4) is 0 Å². The molecule has 19 heavy (non-hydrogen) atoms. The van der Waals surface area contributed by atoms with Gasteiger partial charge in [-0.15, -0.1) is 11.3 Å². The molecule has 0 saturated heterocycles. The summed E-state index contributed by atoms with van der Waals surface area (Å²) < 4.78 is 11.6. The number of nitrogens with one attached hydrogen (secondary N) is 1. The van der Waals surface area contributed by atoms with Crippen molar-refractivity contribution in [2.75, 3.05) is 0 Å². The van der Waals surface area contributed by atoms with Crippen LogP contribution in [0.4, 0.5) is 0 Å². The molecule has 0 spiro atoms. The van der Waals surface area contributed by atoms with Crippen LogP contribution in [0.5, 0.6) is 0 Å². The van der Waals surface area contributed by atoms with E-state index in [-0.39, 0.29) is 6.04 Å². The minimum absolute atomic E-state index is 0.0161. The second-order valence-electron chi connectivity index (χ2n) is 4.05. The van der Waals surface area contributed by atoms with Gasteiger partial charge in [0.05, 0.1) is 23.4 Å². The highest BCUT2D eigenvalue weighted by atomic mass is 35.5. The monoisotopic (exact) mass is 293 g/mol. The predicted molar refractivity (Wildman–Crippen MR) is 75.4 cm³/mol. The Labute approximate surface area is 119 Å². The SMILES string of the molecule is Clc1ccc(C(NCc2ccco2)c2ccco2)s1. The van der Waals surface area contributed by atoms with Crippen LogP contribution in [0.3, 0.4) is 0 Å². The van der Waals surface area contributed by atoms with Crippen molar-refractivity contribution < 1.29 is 8.83 Å². The molecule has 1 N–H and O–H groups in total. The Bertz CT molecular complexity index is 616. The van der Waals surface area contributed by atoms with Crippen molar-refractivity contribution >= 4 is 22.9 Å². The smallest absolute Gasteiger partial charge is 0.126 e. The first-order valence-corrected chi connectivity index (χ1v) is 7.07. The van der Waals surface area contributed by atoms with Crippen molar-refractivity contribution in [3.63, 3.8) is 0 Å². The summed E-state index contributed by atoms with van der Waals surface area (Å²) in [4.78, 5) is 1.12. The average molecular weight is 294 g/mol. The van der Waals surface area contributed by atoms with Crippen molar-refractivity contribution in [3.05, 3.63) is 69.7 Å². The van der Waals surface area contributed by atoms with E-state index in [1.807, 2.05) is 36.4 Å². The van der Waals surface area contributed by atoms with E-state index in [1.165, 1.54) is 0 Å². The van der Waals surface area contributed by atoms with Gasteiger partial charge in [0, 0.05) is 4.88 Å². The first-order valence-electron chi connectivity index (χ1n) is 5.87. The molecule has 0 amide bonds. The van der Waals surface area contributed by atoms with Gasteiger partial charge in [-0.2, -0.15) is 0 Å². The van der Waals surface area contributed by atoms with Gasteiger partial charge in [0.25, 0.3) is 0 Å². The molecule has 0 aromatic carbocycles. The van der Waals surface area contributed by atoms with Crippen LogP contribution in [0.15, 0.2) is 57.8 Å². The molecule has 5 heteroatoms. The fraction of sp³-hybridized carbons (Fsp3) is 0.143. The maximum Gasteiger partial charge on any atom is 0.126 e. The van der Waals surface area contributed by atoms with E-state index in [4.69, 9.17) is 20.4 Å². The topological polar surface area (TPSA) is 38.3 Å². The van der Waals surface area contributed by atoms with Crippen LogP contribution in [0, 0.1) is 0 Å². The minimum atomic E-state index is -0.0161. The molecular formula is C14H12ClNO2S. The highest BCUT2D eigenvalue weighted by Gasteiger charge is 2.18. The number of hydrogen-bond donors (Lipinski definition) is 1. The fourth-order valence-corrected chi connectivity index (χ4v) is 3.04. The van der Waals surface area contributed by atoms with Gasteiger partial charge < -0.3 is 8.83 Å². The molecular weight excluding hydrogens is 282 g/mol. The van der Waals surface area contributed by atoms with Gasteiger partial charge in [-0.3, -0.25) is 5.32 Å². The van der Waals surface area contributed by atoms with Crippen LogP contribution in [0.25, 0.3) is 0 Å². The number of furan rings is 2. The molecule has 1 unspecified atom stereocenters. The molecule has 0 aliphatic heterocycles. The molecule has 3 nitrogen and oxygen atoms in total. The Balaban J connectivity index is 1.80. The molecule has 0 fully saturated rings. The quantitative estimate of drug-likeness (QED) is 0.754. The van der Waals surface area contributed by atoms with Gasteiger partial charge in [-0.25, -0.2) is 0 Å². The highest BCUT2D eigenvalue weighted by molar-refractivity contribution is 7.16. The molecule has 0 bridgehead atoms. The zero-order valence-corrected chi connectivity index (χ0v) is 11.6. The highest BCUT2D eigenvalue weighted by Crippen LogP contribution is 2.31. The van der Waals surface area contributed by atoms with E-state index in [2.05, 4.69) is 5.32 Å². The molecule has 1 atom stereocenters. The largest absolute Gasteiger partial charge is 0.468 e. The molecule has 3 heterocycles. The zero-order valence-electron chi connectivity index (χ0n) is 10.0. The first-order chi connectivity index (χ1) is 9.33. The lowest BCUT2D eigenvalue weighted by Crippen LogP contribution is -2.20. The van der Waals surface area contributed by atoms with Crippen LogP contribution in [0.2, 0.25) is 4.34 Å². The van der Waals surface area contributed by atoms with Crippen LogP contribution in [-0.2, 0) is 6.54 Å². The molecule has 3 aromatic rings. The van der Waals surface area contributed by atoms with Crippen molar-refractivity contribution in [1.29, 1.82) is 0 Å². The van der Waals surface area contributed by atoms with Crippen LogP contribution in [0.1, 0.15) is 22.4 Å². The summed E-state index contributed by atoms with van der Waals surface area (Å²) >= 11 is 7.55. The molecule has 0 radical (unpaired) electrons. The Hall–Kier alpha value is -1.49. The van der Waals surface area contributed by atoms with E-state index in [0.29, 0.717) is 6.54 Å². The van der Waals surface area contributed by atoms with Crippen LogP contribution < -0.4 is 5.32 Å². The van der Waals surface area contributed by atoms with Gasteiger partial charge in [-0.1, -0.05) is 11.6 Å². The lowest BCUT2D eigenvalue weighted by molar-refractivity contribution is 0.423. The minimum Gasteiger partial charge on any atom is -0.468 e. The van der Waals surface area contributed by atoms with E-state index >= 15 is 0 Å². The molecule has 98 valence electrons. The summed E-state index contributed by atoms with van der Waals surface area (Å²) in [6, 6.07) is 11.5. The second kappa shape index (κ2) is 5.65. The second-order valence-corrected chi connectivity index (χ2v) is 5.80. The maximum atomic E-state index is 6.01. The summed E-state index contributed by atoms with van der Waals surface area (Å²) in [6.07, 6.45) is 3.34. The maximum absolute atomic E-state index is 6.01. The summed E-state index contributed by atoms with van der Waals surface area (Å²) in [5.41, 5.74) is 0. The third-order valence-electron chi connectivity index (χ3n) is 2.77. The van der Waals surface area contributed by atoms with Crippen molar-refractivity contribution in [1.82, 2.24) is 5.32 Å². The van der Waals surface area contributed by atoms with Crippen molar-refractivity contribution in [2.45, 2.75) is 12.6 Å². The standard InChI is InChI=1S/C14H12ClNO2S/c15-13-6-5-12(19-13)14(11-4-2-8-18-11)16-9-10-3-1-7-17-10/h1-8,14,16H,9H2. The number of halogens is 1. The third-order valence-corrected chi connectivity index (χ3v) is 4.06. The van der Waals surface area contributed by atoms with Crippen LogP contribution >= 0.6 is 22.9 Å². The van der Waals surface area contributed by atoms with E-state index < -0.39 is 0 Å². The van der Waals surface area contributed by atoms with Gasteiger partial charge in [-0.05, 0) is 36.4 Å². The van der Waals surface area contributed by atoms with E-state index in [1.54, 1.807) is 23.9 Å². The number of thiophene rings is 1. The normalized spacial score (nSPS) is 12.7. The van der Waals surface area contributed by atoms with Gasteiger partial charge in [0.2, 0.25) is 0 Å². The Morgan fingerprint density at radius 2 is 1.95 bits per heavy atom. The summed E-state index contributed by atoms with van der Waals surface area (Å²) in [6.45, 7) is 0.633. The summed E-state index contributed by atoms with van der Waals surface area (Å²) in [7, 11) is 0. The number of rotatable bonds is 5. The lowest BCUT2D eigenvalue weighted by Gasteiger charge is -2.14.